The number of carbonyl (C=O) groups is 1. The van der Waals surface area contributed by atoms with E-state index in [2.05, 4.69) is 20.6 Å². The van der Waals surface area contributed by atoms with Gasteiger partial charge in [-0.2, -0.15) is 5.21 Å². The molecule has 0 aliphatic carbocycles. The molecule has 1 heterocycles. The van der Waals surface area contributed by atoms with Gasteiger partial charge in [0.25, 0.3) is 0 Å². The van der Waals surface area contributed by atoms with Crippen molar-refractivity contribution in [1.29, 1.82) is 0 Å². The topological polar surface area (TPSA) is 92.9 Å². The van der Waals surface area contributed by atoms with E-state index in [-0.39, 0.29) is 5.56 Å². The maximum absolute atomic E-state index is 10.5. The number of carboxylic acids is 1. The Morgan fingerprint density at radius 3 is 2.93 bits per heavy atom. The smallest absolute Gasteiger partial charge is 0.0715 e. The second-order valence-corrected chi connectivity index (χ2v) is 2.57. The van der Waals surface area contributed by atoms with Gasteiger partial charge in [0, 0.05) is 5.82 Å². The fraction of sp³-hybridized carbons (Fsp3) is 0. The minimum Gasteiger partial charge on any atom is -0.545 e. The SMILES string of the molecule is O=C([O-])c1cccc(-c2nnn[n-]2)c1. The standard InChI is InChI=1S/C8H6N4O2/c13-8(14)6-3-1-2-5(4-6)7-9-11-12-10-7/h1-4H,(H2,9,10,11,12,13,14)/p-2. The van der Waals surface area contributed by atoms with Crippen molar-refractivity contribution < 1.29 is 9.90 Å². The predicted molar refractivity (Wildman–Crippen MR) is 42.9 cm³/mol. The average Bonchev–Trinajstić information content (AvgIpc) is 2.71. The van der Waals surface area contributed by atoms with Gasteiger partial charge in [0.15, 0.2) is 0 Å². The van der Waals surface area contributed by atoms with E-state index < -0.39 is 5.97 Å². The van der Waals surface area contributed by atoms with Crippen LogP contribution in [0.25, 0.3) is 11.4 Å². The van der Waals surface area contributed by atoms with Gasteiger partial charge in [0.1, 0.15) is 0 Å². The highest BCUT2D eigenvalue weighted by molar-refractivity contribution is 5.87. The minimum atomic E-state index is -1.24. The summed E-state index contributed by atoms with van der Waals surface area (Å²) in [5.74, 6) is -0.938. The normalized spacial score (nSPS) is 10.0. The lowest BCUT2D eigenvalue weighted by molar-refractivity contribution is -0.255. The number of hydrogen-bond acceptors (Lipinski definition) is 5. The molecule has 1 aromatic heterocycles. The molecule has 0 fully saturated rings. The number of rotatable bonds is 2. The molecular weight excluding hydrogens is 184 g/mol. The Kier molecular flexibility index (Phi) is 1.94. The summed E-state index contributed by atoms with van der Waals surface area (Å²) in [4.78, 5) is 10.5. The van der Waals surface area contributed by atoms with Gasteiger partial charge in [-0.3, -0.25) is 10.3 Å². The van der Waals surface area contributed by atoms with Gasteiger partial charge in [0.2, 0.25) is 0 Å². The molecule has 0 aliphatic heterocycles. The maximum atomic E-state index is 10.5. The molecule has 1 aromatic carbocycles. The molecule has 0 unspecified atom stereocenters. The van der Waals surface area contributed by atoms with Gasteiger partial charge in [0.05, 0.1) is 5.97 Å². The molecule has 2 rings (SSSR count). The van der Waals surface area contributed by atoms with Gasteiger partial charge in [-0.05, 0) is 17.2 Å². The Hall–Kier alpha value is -2.24. The van der Waals surface area contributed by atoms with Crippen LogP contribution >= 0.6 is 0 Å². The van der Waals surface area contributed by atoms with Crippen molar-refractivity contribution >= 4 is 5.97 Å². The maximum Gasteiger partial charge on any atom is 0.0715 e. The van der Waals surface area contributed by atoms with Crippen LogP contribution in [0.1, 0.15) is 10.4 Å². The van der Waals surface area contributed by atoms with Crippen molar-refractivity contribution in [3.63, 3.8) is 0 Å². The summed E-state index contributed by atoms with van der Waals surface area (Å²) in [6, 6.07) is 6.10. The number of carboxylic acid groups (broad SMARTS) is 1. The number of benzene rings is 1. The summed E-state index contributed by atoms with van der Waals surface area (Å²) >= 11 is 0. The molecule has 0 N–H and O–H groups in total. The summed E-state index contributed by atoms with van der Waals surface area (Å²) in [6.45, 7) is 0. The van der Waals surface area contributed by atoms with Crippen molar-refractivity contribution in [3.8, 4) is 11.4 Å². The zero-order chi connectivity index (χ0) is 9.97. The second kappa shape index (κ2) is 3.25. The van der Waals surface area contributed by atoms with Gasteiger partial charge < -0.3 is 15.0 Å². The van der Waals surface area contributed by atoms with Crippen LogP contribution in [0.5, 0.6) is 0 Å². The zero-order valence-corrected chi connectivity index (χ0v) is 6.91. The molecule has 0 aliphatic rings. The zero-order valence-electron chi connectivity index (χ0n) is 6.91. The molecule has 0 spiro atoms. The third-order valence-electron chi connectivity index (χ3n) is 1.68. The van der Waals surface area contributed by atoms with Gasteiger partial charge in [-0.1, -0.05) is 18.2 Å². The van der Waals surface area contributed by atoms with Crippen molar-refractivity contribution in [1.82, 2.24) is 20.6 Å². The Morgan fingerprint density at radius 1 is 1.43 bits per heavy atom. The van der Waals surface area contributed by atoms with E-state index in [4.69, 9.17) is 0 Å². The first kappa shape index (κ1) is 8.36. The molecule has 0 radical (unpaired) electrons. The molecule has 0 atom stereocenters. The highest BCUT2D eigenvalue weighted by Gasteiger charge is 1.97. The molecule has 6 nitrogen and oxygen atoms in total. The predicted octanol–water partition coefficient (Wildman–Crippen LogP) is -1.14. The van der Waals surface area contributed by atoms with Crippen LogP contribution in [0.15, 0.2) is 24.3 Å². The molecule has 14 heavy (non-hydrogen) atoms. The molecule has 0 bridgehead atoms. The number of hydrogen-bond donors (Lipinski definition) is 0. The average molecular weight is 188 g/mol. The Balaban J connectivity index is 2.46. The van der Waals surface area contributed by atoms with Crippen LogP contribution in [-0.2, 0) is 0 Å². The van der Waals surface area contributed by atoms with E-state index in [0.717, 1.165) is 0 Å². The first-order valence-corrected chi connectivity index (χ1v) is 3.78. The lowest BCUT2D eigenvalue weighted by atomic mass is 10.1. The van der Waals surface area contributed by atoms with E-state index in [1.807, 2.05) is 0 Å². The molecule has 70 valence electrons. The number of carbonyl (C=O) groups excluding carboxylic acids is 1. The summed E-state index contributed by atoms with van der Waals surface area (Å²) in [6.07, 6.45) is 0. The van der Waals surface area contributed by atoms with Crippen LogP contribution in [0.4, 0.5) is 0 Å². The highest BCUT2D eigenvalue weighted by atomic mass is 16.4. The van der Waals surface area contributed by atoms with Crippen LogP contribution in [0, 0.1) is 0 Å². The van der Waals surface area contributed by atoms with Crippen molar-refractivity contribution in [3.05, 3.63) is 29.8 Å². The number of aromatic carboxylic acids is 1. The van der Waals surface area contributed by atoms with Crippen molar-refractivity contribution in [2.24, 2.45) is 0 Å². The molecule has 2 aromatic rings. The Labute approximate surface area is 78.6 Å². The molecule has 0 amide bonds. The van der Waals surface area contributed by atoms with E-state index in [9.17, 15) is 9.90 Å². The fourth-order valence-electron chi connectivity index (χ4n) is 1.05. The molecule has 0 saturated carbocycles. The first-order valence-electron chi connectivity index (χ1n) is 3.78. The third-order valence-corrected chi connectivity index (χ3v) is 1.68. The molecule has 0 saturated heterocycles. The van der Waals surface area contributed by atoms with Crippen LogP contribution in [0.2, 0.25) is 0 Å². The Morgan fingerprint density at radius 2 is 2.29 bits per heavy atom. The molecular formula is C8H4N4O2-2. The number of nitrogens with zero attached hydrogens (tertiary/aromatic N) is 4. The van der Waals surface area contributed by atoms with E-state index in [1.54, 1.807) is 12.1 Å². The first-order chi connectivity index (χ1) is 6.77. The van der Waals surface area contributed by atoms with Crippen molar-refractivity contribution in [2.75, 3.05) is 0 Å². The van der Waals surface area contributed by atoms with Crippen molar-refractivity contribution in [2.45, 2.75) is 0 Å². The summed E-state index contributed by atoms with van der Waals surface area (Å²) in [5.41, 5.74) is 0.629. The molecule has 6 heteroatoms. The quantitative estimate of drug-likeness (QED) is 0.591. The van der Waals surface area contributed by atoms with Gasteiger partial charge in [-0.25, -0.2) is 0 Å². The monoisotopic (exact) mass is 188 g/mol. The van der Waals surface area contributed by atoms with Gasteiger partial charge >= 0.3 is 0 Å². The van der Waals surface area contributed by atoms with Crippen LogP contribution in [-0.4, -0.2) is 21.5 Å². The lowest BCUT2D eigenvalue weighted by Gasteiger charge is -2.04. The van der Waals surface area contributed by atoms with E-state index >= 15 is 0 Å². The fourth-order valence-corrected chi connectivity index (χ4v) is 1.05. The minimum absolute atomic E-state index is 0.0762. The summed E-state index contributed by atoms with van der Waals surface area (Å²) in [7, 11) is 0. The van der Waals surface area contributed by atoms with Crippen LogP contribution in [0.3, 0.4) is 0 Å². The largest absolute Gasteiger partial charge is 0.545 e. The summed E-state index contributed by atoms with van der Waals surface area (Å²) in [5, 5.41) is 24.3. The summed E-state index contributed by atoms with van der Waals surface area (Å²) < 4.78 is 0. The number of aromatic nitrogens is 4. The second-order valence-electron chi connectivity index (χ2n) is 2.57. The van der Waals surface area contributed by atoms with Gasteiger partial charge in [-0.15, -0.1) is 0 Å². The third kappa shape index (κ3) is 1.45. The van der Waals surface area contributed by atoms with E-state index in [0.29, 0.717) is 11.4 Å². The number of tetrazole rings is 1. The van der Waals surface area contributed by atoms with Crippen LogP contribution < -0.4 is 10.2 Å². The Bertz CT molecular complexity index is 452. The highest BCUT2D eigenvalue weighted by Crippen LogP contribution is 2.13. The lowest BCUT2D eigenvalue weighted by Crippen LogP contribution is -2.22. The van der Waals surface area contributed by atoms with E-state index in [1.165, 1.54) is 12.1 Å².